The number of amides is 1. The fourth-order valence-corrected chi connectivity index (χ4v) is 7.00. The monoisotopic (exact) mass is 516 g/mol. The van der Waals surface area contributed by atoms with Crippen molar-refractivity contribution in [2.75, 3.05) is 20.2 Å². The Morgan fingerprint density at radius 3 is 2.37 bits per heavy atom. The minimum atomic E-state index is -3.97. The van der Waals surface area contributed by atoms with Gasteiger partial charge in [-0.1, -0.05) is 12.1 Å². The Hall–Kier alpha value is -2.75. The summed E-state index contributed by atoms with van der Waals surface area (Å²) in [5.74, 6) is -0.106. The number of halogens is 1. The van der Waals surface area contributed by atoms with E-state index in [9.17, 15) is 17.6 Å². The standard InChI is InChI=1S/C26H29FN2O4S2/c1-26(2,3)29(35(31,32)21-11-9-20(33-4)10-12-21)17-24(30)28-15-13-23-22(14-16-34-23)25(28)18-5-7-19(27)8-6-18/h5-12,14,16,25H,13,15,17H2,1-4H3. The number of hydrogen-bond acceptors (Lipinski definition) is 5. The molecule has 186 valence electrons. The number of methoxy groups -OCH3 is 1. The molecule has 0 fully saturated rings. The van der Waals surface area contributed by atoms with Crippen LogP contribution in [0.15, 0.2) is 64.9 Å². The highest BCUT2D eigenvalue weighted by atomic mass is 32.2. The van der Waals surface area contributed by atoms with Crippen molar-refractivity contribution in [1.82, 2.24) is 9.21 Å². The van der Waals surface area contributed by atoms with Crippen LogP contribution in [-0.4, -0.2) is 49.3 Å². The Balaban J connectivity index is 1.68. The van der Waals surface area contributed by atoms with Gasteiger partial charge in [0.2, 0.25) is 15.9 Å². The zero-order valence-corrected chi connectivity index (χ0v) is 21.8. The van der Waals surface area contributed by atoms with Crippen molar-refractivity contribution in [1.29, 1.82) is 0 Å². The third-order valence-corrected chi connectivity index (χ3v) is 9.27. The van der Waals surface area contributed by atoms with Gasteiger partial charge in [-0.25, -0.2) is 12.8 Å². The third kappa shape index (κ3) is 5.12. The quantitative estimate of drug-likeness (QED) is 0.469. The molecular weight excluding hydrogens is 487 g/mol. The zero-order chi connectivity index (χ0) is 25.4. The van der Waals surface area contributed by atoms with Crippen molar-refractivity contribution in [2.45, 2.75) is 43.7 Å². The molecule has 0 N–H and O–H groups in total. The molecule has 2 heterocycles. The lowest BCUT2D eigenvalue weighted by molar-refractivity contribution is -0.134. The normalized spacial score (nSPS) is 16.3. The van der Waals surface area contributed by atoms with E-state index < -0.39 is 21.6 Å². The van der Waals surface area contributed by atoms with E-state index in [2.05, 4.69) is 0 Å². The number of sulfonamides is 1. The molecule has 2 aromatic carbocycles. The summed E-state index contributed by atoms with van der Waals surface area (Å²) in [5, 5.41) is 1.99. The molecule has 0 saturated carbocycles. The second-order valence-electron chi connectivity index (χ2n) is 9.45. The minimum absolute atomic E-state index is 0.0925. The van der Waals surface area contributed by atoms with Gasteiger partial charge in [-0.15, -0.1) is 11.3 Å². The first-order valence-electron chi connectivity index (χ1n) is 11.3. The van der Waals surface area contributed by atoms with Crippen molar-refractivity contribution in [3.63, 3.8) is 0 Å². The van der Waals surface area contributed by atoms with E-state index in [-0.39, 0.29) is 23.2 Å². The molecule has 0 saturated heterocycles. The van der Waals surface area contributed by atoms with Gasteiger partial charge in [0.25, 0.3) is 0 Å². The number of ether oxygens (including phenoxy) is 1. The smallest absolute Gasteiger partial charge is 0.244 e. The Morgan fingerprint density at radius 1 is 1.11 bits per heavy atom. The molecule has 3 aromatic rings. The Morgan fingerprint density at radius 2 is 1.77 bits per heavy atom. The molecule has 1 atom stereocenters. The van der Waals surface area contributed by atoms with Gasteiger partial charge in [-0.3, -0.25) is 4.79 Å². The number of carbonyl (C=O) groups excluding carboxylic acids is 1. The molecule has 0 spiro atoms. The maximum absolute atomic E-state index is 13.7. The Bertz CT molecular complexity index is 1300. The number of hydrogen-bond donors (Lipinski definition) is 0. The van der Waals surface area contributed by atoms with Crippen LogP contribution >= 0.6 is 11.3 Å². The van der Waals surface area contributed by atoms with E-state index in [1.54, 1.807) is 61.3 Å². The molecule has 0 aliphatic carbocycles. The average Bonchev–Trinajstić information content (AvgIpc) is 3.30. The van der Waals surface area contributed by atoms with E-state index in [0.29, 0.717) is 18.7 Å². The van der Waals surface area contributed by atoms with E-state index >= 15 is 0 Å². The van der Waals surface area contributed by atoms with Crippen molar-refractivity contribution in [2.24, 2.45) is 0 Å². The molecule has 9 heteroatoms. The van der Waals surface area contributed by atoms with Crippen LogP contribution in [0.25, 0.3) is 0 Å². The maximum atomic E-state index is 13.7. The summed E-state index contributed by atoms with van der Waals surface area (Å²) in [6.45, 7) is 5.45. The van der Waals surface area contributed by atoms with E-state index in [1.807, 2.05) is 11.4 Å². The summed E-state index contributed by atoms with van der Waals surface area (Å²) >= 11 is 1.63. The number of fused-ring (bicyclic) bond motifs is 1. The van der Waals surface area contributed by atoms with Crippen molar-refractivity contribution >= 4 is 27.3 Å². The number of benzene rings is 2. The molecule has 4 rings (SSSR count). The van der Waals surface area contributed by atoms with Gasteiger partial charge in [0, 0.05) is 17.0 Å². The lowest BCUT2D eigenvalue weighted by Crippen LogP contribution is -2.52. The molecule has 1 aliphatic heterocycles. The molecule has 0 bridgehead atoms. The van der Waals surface area contributed by atoms with Gasteiger partial charge < -0.3 is 9.64 Å². The predicted octanol–water partition coefficient (Wildman–Crippen LogP) is 4.86. The summed E-state index contributed by atoms with van der Waals surface area (Å²) in [4.78, 5) is 16.7. The fourth-order valence-electron chi connectivity index (χ4n) is 4.36. The highest BCUT2D eigenvalue weighted by Gasteiger charge is 2.39. The summed E-state index contributed by atoms with van der Waals surface area (Å²) in [7, 11) is -2.46. The van der Waals surface area contributed by atoms with Crippen molar-refractivity contribution in [3.8, 4) is 5.75 Å². The van der Waals surface area contributed by atoms with Crippen LogP contribution in [0.2, 0.25) is 0 Å². The van der Waals surface area contributed by atoms with Crippen molar-refractivity contribution in [3.05, 3.63) is 81.8 Å². The number of nitrogens with zero attached hydrogens (tertiary/aromatic N) is 2. The number of rotatable bonds is 6. The van der Waals surface area contributed by atoms with Gasteiger partial charge in [0.15, 0.2) is 0 Å². The summed E-state index contributed by atoms with van der Waals surface area (Å²) in [5.41, 5.74) is 0.948. The first-order valence-corrected chi connectivity index (χ1v) is 13.6. The van der Waals surface area contributed by atoms with Crippen LogP contribution in [0.3, 0.4) is 0 Å². The number of thiophene rings is 1. The molecule has 0 radical (unpaired) electrons. The Kier molecular flexibility index (Phi) is 7.04. The first-order chi connectivity index (χ1) is 16.5. The molecule has 1 unspecified atom stereocenters. The first kappa shape index (κ1) is 25.3. The van der Waals surface area contributed by atoms with E-state index in [1.165, 1.54) is 40.6 Å². The lowest BCUT2D eigenvalue weighted by atomic mass is 9.93. The minimum Gasteiger partial charge on any atom is -0.497 e. The highest BCUT2D eigenvalue weighted by molar-refractivity contribution is 7.89. The molecule has 1 amide bonds. The largest absolute Gasteiger partial charge is 0.497 e. The third-order valence-electron chi connectivity index (χ3n) is 6.15. The second kappa shape index (κ2) is 9.72. The zero-order valence-electron chi connectivity index (χ0n) is 20.2. The maximum Gasteiger partial charge on any atom is 0.244 e. The predicted molar refractivity (Wildman–Crippen MR) is 135 cm³/mol. The van der Waals surface area contributed by atoms with Gasteiger partial charge in [-0.2, -0.15) is 4.31 Å². The van der Waals surface area contributed by atoms with Gasteiger partial charge in [-0.05, 0) is 86.2 Å². The molecule has 1 aliphatic rings. The molecule has 35 heavy (non-hydrogen) atoms. The van der Waals surface area contributed by atoms with Gasteiger partial charge in [0.1, 0.15) is 11.6 Å². The summed E-state index contributed by atoms with van der Waals surface area (Å²) < 4.78 is 47.3. The van der Waals surface area contributed by atoms with Gasteiger partial charge in [0.05, 0.1) is 24.6 Å². The van der Waals surface area contributed by atoms with Crippen LogP contribution < -0.4 is 4.74 Å². The second-order valence-corrected chi connectivity index (χ2v) is 12.3. The number of carbonyl (C=O) groups is 1. The highest BCUT2D eigenvalue weighted by Crippen LogP contribution is 2.38. The molecular formula is C26H29FN2O4S2. The van der Waals surface area contributed by atoms with Crippen LogP contribution in [0.4, 0.5) is 4.39 Å². The van der Waals surface area contributed by atoms with Gasteiger partial charge >= 0.3 is 0 Å². The van der Waals surface area contributed by atoms with E-state index in [4.69, 9.17) is 4.74 Å². The summed E-state index contributed by atoms with van der Waals surface area (Å²) in [6.07, 6.45) is 0.692. The lowest BCUT2D eigenvalue weighted by Gasteiger charge is -2.40. The molecule has 1 aromatic heterocycles. The average molecular weight is 517 g/mol. The topological polar surface area (TPSA) is 66.9 Å². The van der Waals surface area contributed by atoms with Crippen LogP contribution in [0.1, 0.15) is 42.8 Å². The Labute approximate surface area is 210 Å². The van der Waals surface area contributed by atoms with Crippen LogP contribution in [-0.2, 0) is 21.2 Å². The SMILES string of the molecule is COc1ccc(S(=O)(=O)N(CC(=O)N2CCc3sccc3C2c2ccc(F)cc2)C(C)(C)C)cc1. The fraction of sp³-hybridized carbons (Fsp3) is 0.346. The van der Waals surface area contributed by atoms with Crippen molar-refractivity contribution < 1.29 is 22.3 Å². The van der Waals surface area contributed by atoms with Crippen LogP contribution in [0, 0.1) is 5.82 Å². The molecule has 6 nitrogen and oxygen atoms in total. The summed E-state index contributed by atoms with van der Waals surface area (Å²) in [6, 6.07) is 13.9. The van der Waals surface area contributed by atoms with E-state index in [0.717, 1.165) is 11.1 Å². The van der Waals surface area contributed by atoms with Crippen LogP contribution in [0.5, 0.6) is 5.75 Å².